The Hall–Kier alpha value is -2.87. The van der Waals surface area contributed by atoms with E-state index in [4.69, 9.17) is 10.5 Å². The summed E-state index contributed by atoms with van der Waals surface area (Å²) in [7, 11) is -3.88. The predicted octanol–water partition coefficient (Wildman–Crippen LogP) is 1.83. The first-order valence-electron chi connectivity index (χ1n) is 7.39. The molecule has 1 amide bonds. The smallest absolute Gasteiger partial charge is 0.338 e. The first-order valence-corrected chi connectivity index (χ1v) is 8.87. The minimum atomic E-state index is -3.88. The summed E-state index contributed by atoms with van der Waals surface area (Å²) < 4.78 is 32.3. The third kappa shape index (κ3) is 4.80. The highest BCUT2D eigenvalue weighted by Crippen LogP contribution is 2.18. The number of carbonyl (C=O) groups excluding carboxylic acids is 2. The molecule has 2 aromatic carbocycles. The quantitative estimate of drug-likeness (QED) is 0.761. The molecule has 0 radical (unpaired) electrons. The second-order valence-corrected chi connectivity index (χ2v) is 7.14. The van der Waals surface area contributed by atoms with Gasteiger partial charge in [-0.1, -0.05) is 18.2 Å². The Morgan fingerprint density at radius 3 is 2.44 bits per heavy atom. The number of nitrogens with two attached hydrogens (primary N) is 1. The van der Waals surface area contributed by atoms with E-state index in [-0.39, 0.29) is 10.5 Å². The summed E-state index contributed by atoms with van der Waals surface area (Å²) in [6, 6.07) is 12.2. The van der Waals surface area contributed by atoms with E-state index >= 15 is 0 Å². The number of hydrogen-bond donors (Lipinski definition) is 2. The number of carbonyl (C=O) groups is 2. The molecule has 0 bridgehead atoms. The SMILES string of the molecule is Cc1cccc(NS(=O)(=O)c2cccc(C(=O)O[C@@H](C)C(N)=O)c2)c1. The van der Waals surface area contributed by atoms with Crippen molar-refractivity contribution in [2.75, 3.05) is 4.72 Å². The second-order valence-electron chi connectivity index (χ2n) is 5.45. The van der Waals surface area contributed by atoms with Crippen LogP contribution in [-0.2, 0) is 19.6 Å². The van der Waals surface area contributed by atoms with E-state index in [9.17, 15) is 18.0 Å². The molecule has 3 N–H and O–H groups in total. The summed E-state index contributed by atoms with van der Waals surface area (Å²) in [6.07, 6.45) is -1.11. The molecule has 0 unspecified atom stereocenters. The molecule has 7 nitrogen and oxygen atoms in total. The Bertz CT molecular complexity index is 909. The number of ether oxygens (including phenoxy) is 1. The Balaban J connectivity index is 2.25. The van der Waals surface area contributed by atoms with E-state index in [2.05, 4.69) is 4.72 Å². The van der Waals surface area contributed by atoms with E-state index in [1.165, 1.54) is 31.2 Å². The molecule has 0 heterocycles. The third-order valence-corrected chi connectivity index (χ3v) is 4.71. The number of esters is 1. The molecule has 2 aromatic rings. The molecule has 132 valence electrons. The Kier molecular flexibility index (Phi) is 5.43. The number of amides is 1. The number of primary amides is 1. The van der Waals surface area contributed by atoms with Crippen LogP contribution in [-0.4, -0.2) is 26.4 Å². The van der Waals surface area contributed by atoms with E-state index < -0.39 is 28.0 Å². The molecule has 1 atom stereocenters. The highest BCUT2D eigenvalue weighted by Gasteiger charge is 2.20. The Morgan fingerprint density at radius 1 is 1.12 bits per heavy atom. The Morgan fingerprint density at radius 2 is 1.80 bits per heavy atom. The molecule has 0 aliphatic heterocycles. The van der Waals surface area contributed by atoms with Crippen molar-refractivity contribution in [3.8, 4) is 0 Å². The van der Waals surface area contributed by atoms with Crippen molar-refractivity contribution in [2.45, 2.75) is 24.8 Å². The maximum atomic E-state index is 12.5. The lowest BCUT2D eigenvalue weighted by Crippen LogP contribution is -2.30. The molecule has 0 spiro atoms. The number of benzene rings is 2. The van der Waals surface area contributed by atoms with E-state index in [0.717, 1.165) is 5.56 Å². The molecule has 2 rings (SSSR count). The van der Waals surface area contributed by atoms with Gasteiger partial charge in [-0.05, 0) is 49.7 Å². The van der Waals surface area contributed by atoms with Crippen molar-refractivity contribution in [1.29, 1.82) is 0 Å². The van der Waals surface area contributed by atoms with Gasteiger partial charge in [0.25, 0.3) is 15.9 Å². The molecule has 0 saturated heterocycles. The molecule has 0 aliphatic carbocycles. The maximum Gasteiger partial charge on any atom is 0.338 e. The van der Waals surface area contributed by atoms with E-state index in [0.29, 0.717) is 5.69 Å². The van der Waals surface area contributed by atoms with Gasteiger partial charge in [-0.3, -0.25) is 9.52 Å². The summed E-state index contributed by atoms with van der Waals surface area (Å²) in [4.78, 5) is 22.9. The van der Waals surface area contributed by atoms with E-state index in [1.54, 1.807) is 18.2 Å². The van der Waals surface area contributed by atoms with Crippen LogP contribution in [0.4, 0.5) is 5.69 Å². The van der Waals surface area contributed by atoms with Crippen molar-refractivity contribution in [2.24, 2.45) is 5.73 Å². The van der Waals surface area contributed by atoms with Crippen LogP contribution in [0.25, 0.3) is 0 Å². The molecule has 0 saturated carbocycles. The molecule has 0 fully saturated rings. The largest absolute Gasteiger partial charge is 0.449 e. The highest BCUT2D eigenvalue weighted by molar-refractivity contribution is 7.92. The molecular weight excluding hydrogens is 344 g/mol. The summed E-state index contributed by atoms with van der Waals surface area (Å²) in [5.74, 6) is -1.63. The molecule has 0 aromatic heterocycles. The fourth-order valence-corrected chi connectivity index (χ4v) is 3.09. The van der Waals surface area contributed by atoms with Crippen molar-refractivity contribution in [3.05, 3.63) is 59.7 Å². The second kappa shape index (κ2) is 7.35. The number of hydrogen-bond acceptors (Lipinski definition) is 5. The van der Waals surface area contributed by atoms with Gasteiger partial charge in [0, 0.05) is 5.69 Å². The van der Waals surface area contributed by atoms with Crippen molar-refractivity contribution >= 4 is 27.6 Å². The van der Waals surface area contributed by atoms with Crippen LogP contribution in [0.15, 0.2) is 53.4 Å². The van der Waals surface area contributed by atoms with Gasteiger partial charge in [-0.25, -0.2) is 13.2 Å². The zero-order chi connectivity index (χ0) is 18.6. The van der Waals surface area contributed by atoms with Gasteiger partial charge < -0.3 is 10.5 Å². The topological polar surface area (TPSA) is 116 Å². The lowest BCUT2D eigenvalue weighted by atomic mass is 10.2. The summed E-state index contributed by atoms with van der Waals surface area (Å²) >= 11 is 0. The standard InChI is InChI=1S/C17H18N2O5S/c1-11-5-3-7-14(9-11)19-25(22,23)15-8-4-6-13(10-15)17(21)24-12(2)16(18)20/h3-10,12,19H,1-2H3,(H2,18,20)/t12-/m0/s1. The fraction of sp³-hybridized carbons (Fsp3) is 0.176. The van der Waals surface area contributed by atoms with Gasteiger partial charge in [-0.2, -0.15) is 0 Å². The van der Waals surface area contributed by atoms with Crippen LogP contribution in [0.2, 0.25) is 0 Å². The lowest BCUT2D eigenvalue weighted by molar-refractivity contribution is -0.125. The predicted molar refractivity (Wildman–Crippen MR) is 92.5 cm³/mol. The molecule has 8 heteroatoms. The van der Waals surface area contributed by atoms with Crippen LogP contribution >= 0.6 is 0 Å². The van der Waals surface area contributed by atoms with Crippen LogP contribution in [0, 0.1) is 6.92 Å². The number of anilines is 1. The average molecular weight is 362 g/mol. The lowest BCUT2D eigenvalue weighted by Gasteiger charge is -2.11. The minimum absolute atomic E-state index is 0.000201. The monoisotopic (exact) mass is 362 g/mol. The van der Waals surface area contributed by atoms with Crippen molar-refractivity contribution in [3.63, 3.8) is 0 Å². The third-order valence-electron chi connectivity index (χ3n) is 3.33. The molecular formula is C17H18N2O5S. The van der Waals surface area contributed by atoms with Crippen LogP contribution < -0.4 is 10.5 Å². The Labute approximate surface area is 145 Å². The summed E-state index contributed by atoms with van der Waals surface area (Å²) in [5, 5.41) is 0. The van der Waals surface area contributed by atoms with Crippen molar-refractivity contribution < 1.29 is 22.7 Å². The number of rotatable bonds is 6. The van der Waals surface area contributed by atoms with Gasteiger partial charge in [-0.15, -0.1) is 0 Å². The summed E-state index contributed by atoms with van der Waals surface area (Å²) in [5.41, 5.74) is 6.35. The van der Waals surface area contributed by atoms with Gasteiger partial charge in [0.05, 0.1) is 10.5 Å². The van der Waals surface area contributed by atoms with Crippen molar-refractivity contribution in [1.82, 2.24) is 0 Å². The number of nitrogens with one attached hydrogen (secondary N) is 1. The molecule has 0 aliphatic rings. The first kappa shape index (κ1) is 18.5. The normalized spacial score (nSPS) is 12.2. The van der Waals surface area contributed by atoms with Crippen LogP contribution in [0.5, 0.6) is 0 Å². The van der Waals surface area contributed by atoms with E-state index in [1.807, 2.05) is 13.0 Å². The number of sulfonamides is 1. The molecule has 25 heavy (non-hydrogen) atoms. The zero-order valence-corrected chi connectivity index (χ0v) is 14.5. The fourth-order valence-electron chi connectivity index (χ4n) is 2.00. The van der Waals surface area contributed by atoms with Gasteiger partial charge in [0.2, 0.25) is 0 Å². The minimum Gasteiger partial charge on any atom is -0.449 e. The first-order chi connectivity index (χ1) is 11.7. The summed E-state index contributed by atoms with van der Waals surface area (Å²) in [6.45, 7) is 3.18. The van der Waals surface area contributed by atoms with Gasteiger partial charge in [0.15, 0.2) is 6.10 Å². The number of aryl methyl sites for hydroxylation is 1. The highest BCUT2D eigenvalue weighted by atomic mass is 32.2. The maximum absolute atomic E-state index is 12.5. The average Bonchev–Trinajstić information content (AvgIpc) is 2.54. The van der Waals surface area contributed by atoms with Gasteiger partial charge >= 0.3 is 5.97 Å². The van der Waals surface area contributed by atoms with Crippen LogP contribution in [0.1, 0.15) is 22.8 Å². The zero-order valence-electron chi connectivity index (χ0n) is 13.7. The van der Waals surface area contributed by atoms with Crippen LogP contribution in [0.3, 0.4) is 0 Å². The van der Waals surface area contributed by atoms with Gasteiger partial charge in [0.1, 0.15) is 0 Å².